The third-order valence-electron chi connectivity index (χ3n) is 11.6. The van der Waals surface area contributed by atoms with Gasteiger partial charge in [0.1, 0.15) is 17.5 Å². The molecule has 18 heteroatoms. The Hall–Kier alpha value is -4.52. The molecule has 0 radical (unpaired) electrons. The van der Waals surface area contributed by atoms with Crippen molar-refractivity contribution in [3.05, 3.63) is 183 Å². The molecule has 382 valence electrons. The monoisotopic (exact) mass is 1280 g/mol. The van der Waals surface area contributed by atoms with Crippen molar-refractivity contribution in [2.45, 2.75) is 58.6 Å². The fourth-order valence-electron chi connectivity index (χ4n) is 7.90. The molecule has 0 amide bonds. The first-order chi connectivity index (χ1) is 35.3. The Morgan fingerprint density at radius 2 is 1.75 bits per heavy atom. The van der Waals surface area contributed by atoms with E-state index < -0.39 is 0 Å². The molecule has 0 saturated heterocycles. The highest BCUT2D eigenvalue weighted by Crippen LogP contribution is 2.42. The van der Waals surface area contributed by atoms with Gasteiger partial charge in [-0.2, -0.15) is 0 Å². The van der Waals surface area contributed by atoms with Crippen molar-refractivity contribution >= 4 is 129 Å². The lowest BCUT2D eigenvalue weighted by Crippen LogP contribution is -2.33. The van der Waals surface area contributed by atoms with Gasteiger partial charge < -0.3 is 31.5 Å². The predicted molar refractivity (Wildman–Crippen MR) is 334 cm³/mol. The second kappa shape index (κ2) is 28.4. The fourth-order valence-corrected chi connectivity index (χ4v) is 12.4. The summed E-state index contributed by atoms with van der Waals surface area (Å²) in [6.45, 7) is 24.4. The van der Waals surface area contributed by atoms with Crippen LogP contribution in [0.25, 0.3) is 46.1 Å². The number of fused-ring (bicyclic) bond motifs is 1. The molecule has 5 aromatic rings. The summed E-state index contributed by atoms with van der Waals surface area (Å²) in [4.78, 5) is 21.4. The van der Waals surface area contributed by atoms with E-state index in [2.05, 4.69) is 178 Å². The molecule has 2 aromatic carbocycles. The number of nitrogens with zero attached hydrogens (tertiary/aromatic N) is 6. The number of aliphatic hydroxyl groups is 2. The first-order valence-electron chi connectivity index (χ1n) is 23.3. The van der Waals surface area contributed by atoms with Gasteiger partial charge in [-0.05, 0) is 110 Å². The lowest BCUT2D eigenvalue weighted by Gasteiger charge is -2.18. The summed E-state index contributed by atoms with van der Waals surface area (Å²) >= 11 is 4.59. The van der Waals surface area contributed by atoms with Gasteiger partial charge >= 0.3 is 0 Å². The quantitative estimate of drug-likeness (QED) is 0.00922. The standard InChI is InChI=1S/C55H62I2N10O2S4/c1-11-13-39(31-68)20-35(5)26-63-54(65-38(8)59-10)53-37(7)66(72-56)29-50(53)42-15-17-51-44(23-42)25-47(28-62-51)71-70-46(12-2)24-43-22-41(14-16-48(43)34(3)4)49-30-67(73-57)55(64-33-58-9)52(49)36(6)61-27-45-21-40(32-69)18-19-60-45/h11-25,28-30,34,58,61,63,68-69H,1-2,7,26-27,31-33H2,3-6,8-10H3,(H,59,65)/b35-20+,39-13+,46-24+,52-36+,54-53+,64-55+. The molecule has 0 spiro atoms. The molecule has 0 atom stereocenters. The minimum atomic E-state index is -0.0803. The Labute approximate surface area is 470 Å². The molecule has 6 rings (SSSR count). The van der Waals surface area contributed by atoms with E-state index in [4.69, 9.17) is 15.0 Å². The van der Waals surface area contributed by atoms with Crippen molar-refractivity contribution in [3.8, 4) is 11.1 Å². The first kappa shape index (κ1) is 57.8. The van der Waals surface area contributed by atoms with Crippen LogP contribution in [0.5, 0.6) is 0 Å². The predicted octanol–water partition coefficient (Wildman–Crippen LogP) is 11.6. The van der Waals surface area contributed by atoms with Crippen LogP contribution in [0.15, 0.2) is 159 Å². The number of aromatic nitrogens is 3. The van der Waals surface area contributed by atoms with Crippen molar-refractivity contribution < 1.29 is 10.2 Å². The van der Waals surface area contributed by atoms with Crippen molar-refractivity contribution in [2.24, 2.45) is 9.98 Å². The third-order valence-corrected chi connectivity index (χ3v) is 17.4. The maximum absolute atomic E-state index is 9.86. The third kappa shape index (κ3) is 15.1. The zero-order valence-corrected chi connectivity index (χ0v) is 49.7. The number of nitrogens with one attached hydrogen (secondary N) is 4. The normalized spacial score (nSPS) is 15.3. The fraction of sp³-hybridized carbons (Fsp3) is 0.236. The van der Waals surface area contributed by atoms with Crippen molar-refractivity contribution in [1.82, 2.24) is 39.5 Å². The summed E-state index contributed by atoms with van der Waals surface area (Å²) in [5, 5.41) is 35.8. The second-order valence-electron chi connectivity index (χ2n) is 17.1. The second-order valence-corrected chi connectivity index (χ2v) is 22.8. The number of aliphatic hydroxyl groups excluding tert-OH is 2. The largest absolute Gasteiger partial charge is 0.392 e. The van der Waals surface area contributed by atoms with E-state index in [0.29, 0.717) is 25.6 Å². The molecule has 0 saturated carbocycles. The van der Waals surface area contributed by atoms with Crippen molar-refractivity contribution in [1.29, 1.82) is 0 Å². The summed E-state index contributed by atoms with van der Waals surface area (Å²) in [5.41, 5.74) is 12.8. The number of allylic oxidation sites excluding steroid dienone is 4. The summed E-state index contributed by atoms with van der Waals surface area (Å²) in [6.07, 6.45) is 17.5. The Morgan fingerprint density at radius 1 is 0.959 bits per heavy atom. The maximum Gasteiger partial charge on any atom is 0.149 e. The van der Waals surface area contributed by atoms with Gasteiger partial charge in [0.25, 0.3) is 0 Å². The number of amidine groups is 2. The van der Waals surface area contributed by atoms with Gasteiger partial charge in [-0.3, -0.25) is 23.2 Å². The summed E-state index contributed by atoms with van der Waals surface area (Å²) in [5.74, 6) is 2.56. The molecule has 4 heterocycles. The molecule has 1 aliphatic rings. The number of pyridine rings is 2. The number of hydrogen-bond acceptors (Lipinski definition) is 13. The van der Waals surface area contributed by atoms with E-state index in [9.17, 15) is 10.2 Å². The van der Waals surface area contributed by atoms with Crippen LogP contribution in [0.2, 0.25) is 0 Å². The topological polar surface area (TPSA) is 147 Å². The summed E-state index contributed by atoms with van der Waals surface area (Å²) < 4.78 is 4.16. The molecule has 73 heavy (non-hydrogen) atoms. The molecule has 3 aromatic heterocycles. The van der Waals surface area contributed by atoms with Crippen LogP contribution in [-0.4, -0.2) is 74.0 Å². The molecule has 6 N–H and O–H groups in total. The number of halogens is 2. The number of rotatable bonds is 23. The highest BCUT2D eigenvalue weighted by Gasteiger charge is 2.30. The highest BCUT2D eigenvalue weighted by molar-refractivity contribution is 14.2. The highest BCUT2D eigenvalue weighted by atomic mass is 127. The zero-order valence-electron chi connectivity index (χ0n) is 42.1. The Balaban J connectivity index is 1.33. The van der Waals surface area contributed by atoms with Crippen LogP contribution in [0.4, 0.5) is 0 Å². The van der Waals surface area contributed by atoms with Crippen LogP contribution < -0.4 is 31.8 Å². The molecule has 12 nitrogen and oxygen atoms in total. The Morgan fingerprint density at radius 3 is 2.44 bits per heavy atom. The average Bonchev–Trinajstić information content (AvgIpc) is 3.95. The first-order valence-corrected chi connectivity index (χ1v) is 32.1. The van der Waals surface area contributed by atoms with E-state index in [0.717, 1.165) is 104 Å². The van der Waals surface area contributed by atoms with Gasteiger partial charge in [-0.1, -0.05) is 103 Å². The van der Waals surface area contributed by atoms with Crippen LogP contribution in [0.1, 0.15) is 68.5 Å². The van der Waals surface area contributed by atoms with E-state index >= 15 is 0 Å². The summed E-state index contributed by atoms with van der Waals surface area (Å²) in [7, 11) is 10.2. The summed E-state index contributed by atoms with van der Waals surface area (Å²) in [6, 6.07) is 19.0. The lowest BCUT2D eigenvalue weighted by molar-refractivity contribution is 0.281. The van der Waals surface area contributed by atoms with Gasteiger partial charge in [-0.15, -0.1) is 0 Å². The molecule has 0 aliphatic carbocycles. The number of benzene rings is 2. The van der Waals surface area contributed by atoms with Gasteiger partial charge in [0, 0.05) is 137 Å². The molecule has 0 fully saturated rings. The Kier molecular flexibility index (Phi) is 22.5. The minimum Gasteiger partial charge on any atom is -0.392 e. The molecular weight excluding hydrogens is 1210 g/mol. The molecular formula is C55H62I2N10O2S4. The Bertz CT molecular complexity index is 3180. The van der Waals surface area contributed by atoms with E-state index in [1.807, 2.05) is 58.4 Å². The van der Waals surface area contributed by atoms with Gasteiger partial charge in [0.05, 0.1) is 48.2 Å². The molecule has 1 aliphatic heterocycles. The average molecular weight is 1280 g/mol. The van der Waals surface area contributed by atoms with Crippen LogP contribution in [-0.2, 0) is 13.2 Å². The smallest absolute Gasteiger partial charge is 0.149 e. The van der Waals surface area contributed by atoms with E-state index in [1.165, 1.54) is 5.56 Å². The molecule has 0 unspecified atom stereocenters. The van der Waals surface area contributed by atoms with Gasteiger partial charge in [0.2, 0.25) is 0 Å². The van der Waals surface area contributed by atoms with E-state index in [-0.39, 0.29) is 19.1 Å². The SMILES string of the molecule is C=C/C=C(\C=C(/C)CNC(/N=C(\C)NC)=c1\c(-c2ccc3ncc(SS/C(C=C)=C/c4cc(C5=CN(SI)C(=N/CNC)/C5=C(\C)NCc5cc(CO)ccn5)ccc4C(C)C)cc3c2)cn(SI)c1=C)CO. The zero-order chi connectivity index (χ0) is 52.6. The van der Waals surface area contributed by atoms with Crippen LogP contribution in [0, 0.1) is 0 Å². The van der Waals surface area contributed by atoms with Gasteiger partial charge in [-0.25, -0.2) is 4.99 Å². The maximum atomic E-state index is 9.86. The number of aliphatic imine (C=N–C) groups is 2. The van der Waals surface area contributed by atoms with Crippen LogP contribution in [0.3, 0.4) is 0 Å². The van der Waals surface area contributed by atoms with Crippen molar-refractivity contribution in [2.75, 3.05) is 33.9 Å². The van der Waals surface area contributed by atoms with Crippen LogP contribution >= 0.6 is 82.2 Å². The lowest BCUT2D eigenvalue weighted by atomic mass is 9.91. The van der Waals surface area contributed by atoms with Crippen molar-refractivity contribution in [3.63, 3.8) is 0 Å². The number of hydrogen-bond donors (Lipinski definition) is 6. The minimum absolute atomic E-state index is 0.0362. The molecule has 0 bridgehead atoms. The van der Waals surface area contributed by atoms with Gasteiger partial charge in [0.15, 0.2) is 0 Å². The van der Waals surface area contributed by atoms with E-state index in [1.54, 1.807) is 58.2 Å².